The first-order chi connectivity index (χ1) is 16.7. The monoisotopic (exact) mass is 454 g/mol. The van der Waals surface area contributed by atoms with Gasteiger partial charge in [0.25, 0.3) is 5.91 Å². The summed E-state index contributed by atoms with van der Waals surface area (Å²) in [4.78, 5) is 24.8. The fourth-order valence-corrected chi connectivity index (χ4v) is 4.68. The van der Waals surface area contributed by atoms with Crippen molar-refractivity contribution in [3.63, 3.8) is 0 Å². The van der Waals surface area contributed by atoms with E-state index in [1.807, 2.05) is 53.6 Å². The molecule has 0 atom stereocenters. The summed E-state index contributed by atoms with van der Waals surface area (Å²) in [7, 11) is 2.08. The van der Waals surface area contributed by atoms with E-state index in [0.717, 1.165) is 53.8 Å². The SMILES string of the molecule is CN(Cc1cccc(OC2CCN(C(=O)c3cccc4ccccc34)CC2)c1)Cc1ncc[nH]1. The molecule has 3 aromatic carbocycles. The maximum absolute atomic E-state index is 13.2. The quantitative estimate of drug-likeness (QED) is 0.432. The maximum atomic E-state index is 13.2. The molecule has 4 aromatic rings. The summed E-state index contributed by atoms with van der Waals surface area (Å²) in [6, 6.07) is 22.3. The molecule has 0 bridgehead atoms. The topological polar surface area (TPSA) is 61.5 Å². The largest absolute Gasteiger partial charge is 0.490 e. The second-order valence-corrected chi connectivity index (χ2v) is 8.99. The van der Waals surface area contributed by atoms with Gasteiger partial charge in [0.2, 0.25) is 0 Å². The van der Waals surface area contributed by atoms with Crippen molar-refractivity contribution in [2.24, 2.45) is 0 Å². The molecule has 6 nitrogen and oxygen atoms in total. The molecule has 1 fully saturated rings. The smallest absolute Gasteiger partial charge is 0.254 e. The molecule has 0 radical (unpaired) electrons. The number of carbonyl (C=O) groups excluding carboxylic acids is 1. The predicted molar refractivity (Wildman–Crippen MR) is 134 cm³/mol. The molecule has 174 valence electrons. The van der Waals surface area contributed by atoms with Gasteiger partial charge >= 0.3 is 0 Å². The van der Waals surface area contributed by atoms with Gasteiger partial charge in [-0.1, -0.05) is 48.5 Å². The molecule has 0 unspecified atom stereocenters. The van der Waals surface area contributed by atoms with Gasteiger partial charge < -0.3 is 14.6 Å². The molecular formula is C28H30N4O2. The minimum Gasteiger partial charge on any atom is -0.490 e. The van der Waals surface area contributed by atoms with Gasteiger partial charge in [-0.2, -0.15) is 0 Å². The van der Waals surface area contributed by atoms with Gasteiger partial charge in [0.05, 0.1) is 6.54 Å². The summed E-state index contributed by atoms with van der Waals surface area (Å²) in [5.41, 5.74) is 1.99. The first-order valence-corrected chi connectivity index (χ1v) is 11.8. The van der Waals surface area contributed by atoms with Crippen LogP contribution in [0.1, 0.15) is 34.6 Å². The molecule has 0 aliphatic carbocycles. The second kappa shape index (κ2) is 10.1. The number of ether oxygens (including phenoxy) is 1. The summed E-state index contributed by atoms with van der Waals surface area (Å²) >= 11 is 0. The second-order valence-electron chi connectivity index (χ2n) is 8.99. The van der Waals surface area contributed by atoms with Crippen LogP contribution in [-0.2, 0) is 13.1 Å². The Balaban J connectivity index is 1.16. The third-order valence-electron chi connectivity index (χ3n) is 6.38. The third-order valence-corrected chi connectivity index (χ3v) is 6.38. The zero-order valence-electron chi connectivity index (χ0n) is 19.5. The maximum Gasteiger partial charge on any atom is 0.254 e. The van der Waals surface area contributed by atoms with E-state index in [2.05, 4.69) is 46.2 Å². The average molecular weight is 455 g/mol. The van der Waals surface area contributed by atoms with Crippen molar-refractivity contribution in [1.82, 2.24) is 19.8 Å². The Hall–Kier alpha value is -3.64. The van der Waals surface area contributed by atoms with E-state index >= 15 is 0 Å². The van der Waals surface area contributed by atoms with Crippen LogP contribution in [0.25, 0.3) is 10.8 Å². The van der Waals surface area contributed by atoms with Gasteiger partial charge in [-0.3, -0.25) is 9.69 Å². The minimum atomic E-state index is 0.108. The highest BCUT2D eigenvalue weighted by atomic mass is 16.5. The summed E-state index contributed by atoms with van der Waals surface area (Å²) in [5, 5.41) is 2.11. The Labute approximate surface area is 200 Å². The van der Waals surface area contributed by atoms with Crippen LogP contribution in [0.5, 0.6) is 5.75 Å². The third kappa shape index (κ3) is 5.13. The van der Waals surface area contributed by atoms with Crippen LogP contribution in [-0.4, -0.2) is 51.9 Å². The zero-order valence-corrected chi connectivity index (χ0v) is 19.5. The molecule has 5 rings (SSSR count). The summed E-state index contributed by atoms with van der Waals surface area (Å²) in [6.45, 7) is 2.99. The van der Waals surface area contributed by atoms with E-state index in [-0.39, 0.29) is 12.0 Å². The number of hydrogen-bond acceptors (Lipinski definition) is 4. The number of rotatable bonds is 7. The Kier molecular flexibility index (Phi) is 6.58. The van der Waals surface area contributed by atoms with Gasteiger partial charge in [-0.25, -0.2) is 4.98 Å². The van der Waals surface area contributed by atoms with E-state index in [9.17, 15) is 4.79 Å². The Morgan fingerprint density at radius 2 is 1.85 bits per heavy atom. The molecule has 2 heterocycles. The number of nitrogens with zero attached hydrogens (tertiary/aromatic N) is 3. The van der Waals surface area contributed by atoms with Crippen LogP contribution >= 0.6 is 0 Å². The number of likely N-dealkylation sites (tertiary alicyclic amines) is 1. The highest BCUT2D eigenvalue weighted by Crippen LogP contribution is 2.24. The van der Waals surface area contributed by atoms with Crippen LogP contribution in [0, 0.1) is 0 Å². The lowest BCUT2D eigenvalue weighted by molar-refractivity contribution is 0.0597. The Morgan fingerprint density at radius 3 is 2.68 bits per heavy atom. The van der Waals surface area contributed by atoms with Crippen molar-refractivity contribution in [2.45, 2.75) is 32.0 Å². The number of aromatic nitrogens is 2. The van der Waals surface area contributed by atoms with Gasteiger partial charge in [0.1, 0.15) is 17.7 Å². The summed E-state index contributed by atoms with van der Waals surface area (Å²) < 4.78 is 6.31. The van der Waals surface area contributed by atoms with E-state index in [1.165, 1.54) is 5.56 Å². The molecule has 1 aromatic heterocycles. The lowest BCUT2D eigenvalue weighted by Gasteiger charge is -2.32. The number of benzene rings is 3. The molecule has 1 amide bonds. The lowest BCUT2D eigenvalue weighted by atomic mass is 10.0. The zero-order chi connectivity index (χ0) is 23.3. The number of hydrogen-bond donors (Lipinski definition) is 1. The highest BCUT2D eigenvalue weighted by molar-refractivity contribution is 6.07. The fourth-order valence-electron chi connectivity index (χ4n) is 4.68. The molecule has 1 aliphatic heterocycles. The van der Waals surface area contributed by atoms with Crippen LogP contribution in [0.3, 0.4) is 0 Å². The number of piperidine rings is 1. The van der Waals surface area contributed by atoms with E-state index < -0.39 is 0 Å². The van der Waals surface area contributed by atoms with E-state index in [4.69, 9.17) is 4.74 Å². The van der Waals surface area contributed by atoms with Crippen LogP contribution in [0.15, 0.2) is 79.1 Å². The first kappa shape index (κ1) is 22.2. The molecule has 0 saturated carbocycles. The number of aromatic amines is 1. The van der Waals surface area contributed by atoms with Crippen molar-refractivity contribution >= 4 is 16.7 Å². The van der Waals surface area contributed by atoms with Crippen LogP contribution < -0.4 is 4.74 Å². The van der Waals surface area contributed by atoms with Gasteiger partial charge in [0.15, 0.2) is 0 Å². The molecule has 0 spiro atoms. The van der Waals surface area contributed by atoms with Gasteiger partial charge in [0, 0.05) is 50.4 Å². The lowest BCUT2D eigenvalue weighted by Crippen LogP contribution is -2.41. The standard InChI is InChI=1S/C28H30N4O2/c1-31(20-27-29-14-15-30-27)19-21-6-4-9-24(18-21)34-23-12-16-32(17-13-23)28(33)26-11-5-8-22-7-2-3-10-25(22)26/h2-11,14-15,18,23H,12-13,16-17,19-20H2,1H3,(H,29,30). The Bertz CT molecular complexity index is 1240. The van der Waals surface area contributed by atoms with Gasteiger partial charge in [-0.15, -0.1) is 0 Å². The van der Waals surface area contributed by atoms with Gasteiger partial charge in [-0.05, 0) is 41.6 Å². The van der Waals surface area contributed by atoms with Crippen molar-refractivity contribution in [1.29, 1.82) is 0 Å². The number of fused-ring (bicyclic) bond motifs is 1. The number of H-pyrrole nitrogens is 1. The van der Waals surface area contributed by atoms with Crippen molar-refractivity contribution in [3.05, 3.63) is 96.1 Å². The van der Waals surface area contributed by atoms with Crippen molar-refractivity contribution < 1.29 is 9.53 Å². The normalized spacial score (nSPS) is 14.6. The molecule has 1 saturated heterocycles. The fraction of sp³-hybridized carbons (Fsp3) is 0.286. The molecule has 6 heteroatoms. The first-order valence-electron chi connectivity index (χ1n) is 11.8. The Morgan fingerprint density at radius 1 is 1.06 bits per heavy atom. The number of nitrogens with one attached hydrogen (secondary N) is 1. The van der Waals surface area contributed by atoms with Crippen molar-refractivity contribution in [2.75, 3.05) is 20.1 Å². The summed E-state index contributed by atoms with van der Waals surface area (Å²) in [6.07, 6.45) is 5.41. The van der Waals surface area contributed by atoms with Crippen LogP contribution in [0.4, 0.5) is 0 Å². The average Bonchev–Trinajstić information content (AvgIpc) is 3.37. The molecule has 1 aliphatic rings. The number of imidazole rings is 1. The van der Waals surface area contributed by atoms with Crippen molar-refractivity contribution in [3.8, 4) is 5.75 Å². The molecule has 34 heavy (non-hydrogen) atoms. The summed E-state index contributed by atoms with van der Waals surface area (Å²) in [5.74, 6) is 1.96. The van der Waals surface area contributed by atoms with E-state index in [0.29, 0.717) is 13.1 Å². The highest BCUT2D eigenvalue weighted by Gasteiger charge is 2.25. The number of carbonyl (C=O) groups is 1. The minimum absolute atomic E-state index is 0.108. The van der Waals surface area contributed by atoms with Crippen LogP contribution in [0.2, 0.25) is 0 Å². The number of amides is 1. The molecule has 1 N–H and O–H groups in total. The van der Waals surface area contributed by atoms with E-state index in [1.54, 1.807) is 6.20 Å². The molecular weight excluding hydrogens is 424 g/mol. The predicted octanol–water partition coefficient (Wildman–Crippen LogP) is 4.88.